The Morgan fingerprint density at radius 3 is 2.43 bits per heavy atom. The molecule has 0 bridgehead atoms. The highest BCUT2D eigenvalue weighted by Crippen LogP contribution is 2.47. The Hall–Kier alpha value is -1.04. The minimum absolute atomic E-state index is 0.447. The molecule has 0 aliphatic heterocycles. The van der Waals surface area contributed by atoms with Gasteiger partial charge in [0.25, 0.3) is 0 Å². The van der Waals surface area contributed by atoms with E-state index in [1.54, 1.807) is 5.57 Å². The van der Waals surface area contributed by atoms with Gasteiger partial charge in [0, 0.05) is 0 Å². The lowest BCUT2D eigenvalue weighted by atomic mass is 9.65. The van der Waals surface area contributed by atoms with Crippen molar-refractivity contribution in [2.45, 2.75) is 99.3 Å². The van der Waals surface area contributed by atoms with Crippen molar-refractivity contribution < 1.29 is 0 Å². The molecular weight excluding hydrogens is 336 g/mol. The molecule has 0 aromatic rings. The van der Waals surface area contributed by atoms with Gasteiger partial charge in [0.15, 0.2) is 0 Å². The third-order valence-electron chi connectivity index (χ3n) is 8.16. The van der Waals surface area contributed by atoms with Gasteiger partial charge in [-0.3, -0.25) is 0 Å². The molecule has 2 rings (SSSR count). The maximum absolute atomic E-state index is 4.29. The molecule has 2 saturated carbocycles. The minimum atomic E-state index is 0.447. The predicted octanol–water partition coefficient (Wildman–Crippen LogP) is 9.06. The van der Waals surface area contributed by atoms with E-state index < -0.39 is 0 Å². The average molecular weight is 383 g/mol. The Labute approximate surface area is 176 Å². The Kier molecular flexibility index (Phi) is 8.84. The van der Waals surface area contributed by atoms with Crippen LogP contribution in [0.25, 0.3) is 0 Å². The summed E-state index contributed by atoms with van der Waals surface area (Å²) >= 11 is 0. The van der Waals surface area contributed by atoms with Crippen molar-refractivity contribution in [2.75, 3.05) is 0 Å². The number of rotatable bonds is 6. The first kappa shape index (κ1) is 23.2. The van der Waals surface area contributed by atoms with Gasteiger partial charge >= 0.3 is 0 Å². The summed E-state index contributed by atoms with van der Waals surface area (Å²) in [6.45, 7) is 18.8. The molecule has 2 aliphatic carbocycles. The van der Waals surface area contributed by atoms with Crippen LogP contribution in [0.1, 0.15) is 99.3 Å². The quantitative estimate of drug-likeness (QED) is 0.317. The van der Waals surface area contributed by atoms with Crippen LogP contribution < -0.4 is 0 Å². The lowest BCUT2D eigenvalue weighted by Crippen LogP contribution is -2.31. The standard InChI is InChI=1S/C28H46/c1-21(2)22(3)13-10-14-24(5)28(7)19-11-15-26(20-25(28)6)17-18-27-16-9-8-12-23(27)4/h10,13,17-18,21-22,24-25H,4,8-9,11-12,14-16,19-20H2,1-3,5-7H3/b13-10+,26-17+,27-18-/t22-,24?,25?,28?/m0/s1. The lowest BCUT2D eigenvalue weighted by Gasteiger charge is -2.40. The fourth-order valence-electron chi connectivity index (χ4n) is 4.95. The summed E-state index contributed by atoms with van der Waals surface area (Å²) in [6.07, 6.45) is 21.3. The van der Waals surface area contributed by atoms with Crippen LogP contribution in [0.5, 0.6) is 0 Å². The van der Waals surface area contributed by atoms with Gasteiger partial charge in [-0.25, -0.2) is 0 Å². The Bertz CT molecular complexity index is 600. The highest BCUT2D eigenvalue weighted by molar-refractivity contribution is 5.34. The van der Waals surface area contributed by atoms with Gasteiger partial charge in [-0.2, -0.15) is 0 Å². The second kappa shape index (κ2) is 10.7. The van der Waals surface area contributed by atoms with Crippen molar-refractivity contribution in [1.82, 2.24) is 0 Å². The minimum Gasteiger partial charge on any atom is -0.0956 e. The maximum atomic E-state index is 4.29. The highest BCUT2D eigenvalue weighted by Gasteiger charge is 2.37. The molecule has 0 saturated heterocycles. The first-order valence-corrected chi connectivity index (χ1v) is 12.0. The summed E-state index contributed by atoms with van der Waals surface area (Å²) in [4.78, 5) is 0. The third-order valence-corrected chi connectivity index (χ3v) is 8.16. The first-order chi connectivity index (χ1) is 13.2. The van der Waals surface area contributed by atoms with Gasteiger partial charge < -0.3 is 0 Å². The Morgan fingerprint density at radius 2 is 1.75 bits per heavy atom. The summed E-state index contributed by atoms with van der Waals surface area (Å²) in [5.74, 6) is 2.92. The van der Waals surface area contributed by atoms with Gasteiger partial charge in [0.05, 0.1) is 0 Å². The predicted molar refractivity (Wildman–Crippen MR) is 126 cm³/mol. The molecule has 4 atom stereocenters. The molecule has 0 heterocycles. The molecule has 0 aromatic carbocycles. The van der Waals surface area contributed by atoms with E-state index in [0.717, 1.165) is 17.8 Å². The van der Waals surface area contributed by atoms with Gasteiger partial charge in [-0.15, -0.1) is 0 Å². The molecule has 3 unspecified atom stereocenters. The van der Waals surface area contributed by atoms with Crippen LogP contribution in [0.3, 0.4) is 0 Å². The van der Waals surface area contributed by atoms with Gasteiger partial charge in [0.2, 0.25) is 0 Å². The zero-order chi connectivity index (χ0) is 20.7. The van der Waals surface area contributed by atoms with Crippen LogP contribution >= 0.6 is 0 Å². The lowest BCUT2D eigenvalue weighted by molar-refractivity contribution is 0.107. The summed E-state index contributed by atoms with van der Waals surface area (Å²) in [5.41, 5.74) is 5.00. The average Bonchev–Trinajstić information content (AvgIpc) is 2.80. The third kappa shape index (κ3) is 6.23. The van der Waals surface area contributed by atoms with Crippen molar-refractivity contribution in [3.8, 4) is 0 Å². The summed E-state index contributed by atoms with van der Waals surface area (Å²) in [6, 6.07) is 0. The number of allylic oxidation sites excluding steroid dienone is 7. The molecular formula is C28H46. The molecule has 158 valence electrons. The van der Waals surface area contributed by atoms with Gasteiger partial charge in [0.1, 0.15) is 0 Å². The summed E-state index contributed by atoms with van der Waals surface area (Å²) < 4.78 is 0. The summed E-state index contributed by atoms with van der Waals surface area (Å²) in [5, 5.41) is 0. The van der Waals surface area contributed by atoms with Crippen molar-refractivity contribution in [3.05, 3.63) is 47.6 Å². The zero-order valence-corrected chi connectivity index (χ0v) is 19.7. The van der Waals surface area contributed by atoms with E-state index >= 15 is 0 Å². The van der Waals surface area contributed by atoms with Gasteiger partial charge in [-0.1, -0.05) is 83.6 Å². The smallest absolute Gasteiger partial charge is 0.0239 e. The zero-order valence-electron chi connectivity index (χ0n) is 19.7. The van der Waals surface area contributed by atoms with Crippen molar-refractivity contribution in [2.24, 2.45) is 29.1 Å². The van der Waals surface area contributed by atoms with E-state index in [1.807, 2.05) is 0 Å². The monoisotopic (exact) mass is 382 g/mol. The molecule has 0 N–H and O–H groups in total. The Morgan fingerprint density at radius 1 is 1.04 bits per heavy atom. The molecule has 0 radical (unpaired) electrons. The van der Waals surface area contributed by atoms with Crippen LogP contribution in [0.4, 0.5) is 0 Å². The van der Waals surface area contributed by atoms with Crippen LogP contribution in [-0.4, -0.2) is 0 Å². The molecule has 0 heteroatoms. The normalized spacial score (nSPS) is 32.2. The first-order valence-electron chi connectivity index (χ1n) is 12.0. The van der Waals surface area contributed by atoms with Gasteiger partial charge in [-0.05, 0) is 92.4 Å². The molecule has 2 fully saturated rings. The van der Waals surface area contributed by atoms with E-state index in [2.05, 4.69) is 72.4 Å². The second-order valence-electron chi connectivity index (χ2n) is 10.5. The van der Waals surface area contributed by atoms with E-state index in [-0.39, 0.29) is 0 Å². The largest absolute Gasteiger partial charge is 0.0956 e. The topological polar surface area (TPSA) is 0 Å². The fraction of sp³-hybridized carbons (Fsp3) is 0.714. The molecule has 2 aliphatic rings. The molecule has 28 heavy (non-hydrogen) atoms. The van der Waals surface area contributed by atoms with E-state index in [0.29, 0.717) is 11.3 Å². The van der Waals surface area contributed by atoms with Crippen LogP contribution in [-0.2, 0) is 0 Å². The highest BCUT2D eigenvalue weighted by atomic mass is 14.4. The van der Waals surface area contributed by atoms with Crippen molar-refractivity contribution in [1.29, 1.82) is 0 Å². The number of hydrogen-bond acceptors (Lipinski definition) is 0. The fourth-order valence-corrected chi connectivity index (χ4v) is 4.95. The SMILES string of the molecule is C=C1CCCC/C1=C/C=C1\CCCC(C)(C(C)C/C=C/[C@H](C)C(C)C)C(C)C1. The van der Waals surface area contributed by atoms with Crippen LogP contribution in [0.2, 0.25) is 0 Å². The Balaban J connectivity index is 2.01. The molecule has 0 nitrogen and oxygen atoms in total. The van der Waals surface area contributed by atoms with Crippen molar-refractivity contribution in [3.63, 3.8) is 0 Å². The maximum Gasteiger partial charge on any atom is -0.0239 e. The van der Waals surface area contributed by atoms with E-state index in [1.165, 1.54) is 68.9 Å². The van der Waals surface area contributed by atoms with Crippen LogP contribution in [0.15, 0.2) is 47.6 Å². The van der Waals surface area contributed by atoms with E-state index in [9.17, 15) is 0 Å². The molecule has 0 spiro atoms. The molecule has 0 amide bonds. The van der Waals surface area contributed by atoms with Crippen molar-refractivity contribution >= 4 is 0 Å². The summed E-state index contributed by atoms with van der Waals surface area (Å²) in [7, 11) is 0. The number of hydrogen-bond donors (Lipinski definition) is 0. The second-order valence-corrected chi connectivity index (χ2v) is 10.5. The van der Waals surface area contributed by atoms with E-state index in [4.69, 9.17) is 0 Å². The van der Waals surface area contributed by atoms with Crippen LogP contribution in [0, 0.1) is 29.1 Å². The molecule has 0 aromatic heterocycles.